The molecule has 0 aromatic carbocycles. The minimum Gasteiger partial charge on any atom is -0.673 e. The van der Waals surface area contributed by atoms with Gasteiger partial charge in [0.05, 0.1) is 0 Å². The summed E-state index contributed by atoms with van der Waals surface area (Å²) in [6.07, 6.45) is 0. The van der Waals surface area contributed by atoms with E-state index in [0.29, 0.717) is 9.52 Å². The number of halogens is 2. The van der Waals surface area contributed by atoms with Gasteiger partial charge in [0.1, 0.15) is 0 Å². The Morgan fingerprint density at radius 2 is 1.00 bits per heavy atom. The van der Waals surface area contributed by atoms with Crippen LogP contribution in [0.25, 0.3) is 5.73 Å². The predicted octanol–water partition coefficient (Wildman–Crippen LogP) is 2.93. The van der Waals surface area contributed by atoms with E-state index < -0.39 is 0 Å². The number of rotatable bonds is 0. The molecule has 0 rings (SSSR count). The molecular formula is C6H20Cl2NSiZr-. The van der Waals surface area contributed by atoms with Gasteiger partial charge in [-0.15, -0.1) is 30.4 Å². The van der Waals surface area contributed by atoms with Crippen LogP contribution in [0.3, 0.4) is 0 Å². The van der Waals surface area contributed by atoms with Crippen LogP contribution in [0.4, 0.5) is 0 Å². The van der Waals surface area contributed by atoms with Crippen LogP contribution in [0.1, 0.15) is 20.8 Å². The van der Waals surface area contributed by atoms with Crippen LogP contribution in [-0.4, -0.2) is 15.1 Å². The van der Waals surface area contributed by atoms with Gasteiger partial charge >= 0.3 is 0 Å². The summed E-state index contributed by atoms with van der Waals surface area (Å²) in [5.41, 5.74) is 6.69. The second kappa shape index (κ2) is 17.7. The van der Waals surface area contributed by atoms with Crippen LogP contribution >= 0.6 is 24.8 Å². The average Bonchev–Trinajstić information content (AvgIpc) is 1.27. The quantitative estimate of drug-likeness (QED) is 0.614. The third-order valence-corrected chi connectivity index (χ3v) is 0. The van der Waals surface area contributed by atoms with Gasteiger partial charge < -0.3 is 5.73 Å². The Bertz CT molecular complexity index is 44.3. The van der Waals surface area contributed by atoms with Crippen molar-refractivity contribution < 1.29 is 26.2 Å². The molecule has 0 saturated heterocycles. The molecule has 72 valence electrons. The van der Waals surface area contributed by atoms with E-state index in [-0.39, 0.29) is 56.6 Å². The third-order valence-electron chi connectivity index (χ3n) is 0. The summed E-state index contributed by atoms with van der Waals surface area (Å²) in [7, 11) is 0.417. The number of nitrogens with one attached hydrogen (secondary N) is 1. The molecule has 0 aliphatic carbocycles. The van der Waals surface area contributed by atoms with E-state index in [4.69, 9.17) is 5.73 Å². The fourth-order valence-electron chi connectivity index (χ4n) is 0. The Labute approximate surface area is 105 Å². The molecular weight excluding hydrogens is 276 g/mol. The summed E-state index contributed by atoms with van der Waals surface area (Å²) in [5.74, 6) is 0. The summed E-state index contributed by atoms with van der Waals surface area (Å²) >= 11 is 0. The monoisotopic (exact) mass is 294 g/mol. The molecule has 0 unspecified atom stereocenters. The van der Waals surface area contributed by atoms with Crippen LogP contribution in [0, 0.1) is 0 Å². The molecule has 0 bridgehead atoms. The molecule has 0 spiro atoms. The van der Waals surface area contributed by atoms with Crippen molar-refractivity contribution in [2.45, 2.75) is 39.4 Å². The first-order valence-electron chi connectivity index (χ1n) is 3.16. The average molecular weight is 296 g/mol. The van der Waals surface area contributed by atoms with E-state index in [1.54, 1.807) is 0 Å². The van der Waals surface area contributed by atoms with Crippen molar-refractivity contribution in [2.24, 2.45) is 0 Å². The van der Waals surface area contributed by atoms with Crippen LogP contribution in [0.2, 0.25) is 13.1 Å². The standard InChI is InChI=1S/C4H10N.C2H8Si.2ClH.Zr/c1-4(2,3)5;1-3-2;;;/h5H,1-3H3;3H2,1-2H3;2*1H;/q-1;;;;. The fourth-order valence-corrected chi connectivity index (χ4v) is 0. The van der Waals surface area contributed by atoms with E-state index in [2.05, 4.69) is 13.1 Å². The molecule has 11 heavy (non-hydrogen) atoms. The Kier molecular flexibility index (Phi) is 47.1. The zero-order valence-corrected chi connectivity index (χ0v) is 13.5. The van der Waals surface area contributed by atoms with E-state index in [1.165, 1.54) is 0 Å². The van der Waals surface area contributed by atoms with Crippen LogP contribution in [-0.2, 0) is 26.2 Å². The minimum absolute atomic E-state index is 0. The predicted molar refractivity (Wildman–Crippen MR) is 58.8 cm³/mol. The van der Waals surface area contributed by atoms with E-state index >= 15 is 0 Å². The molecule has 0 heterocycles. The molecule has 0 aliphatic heterocycles. The molecule has 0 saturated carbocycles. The van der Waals surface area contributed by atoms with Crippen molar-refractivity contribution in [3.8, 4) is 0 Å². The minimum atomic E-state index is -0.250. The van der Waals surface area contributed by atoms with Crippen molar-refractivity contribution in [3.05, 3.63) is 5.73 Å². The molecule has 0 amide bonds. The zero-order valence-electron chi connectivity index (χ0n) is 8.02. The molecule has 1 N–H and O–H groups in total. The van der Waals surface area contributed by atoms with Gasteiger partial charge in [-0.3, -0.25) is 0 Å². The molecule has 0 radical (unpaired) electrons. The van der Waals surface area contributed by atoms with Crippen LogP contribution in [0.5, 0.6) is 0 Å². The molecule has 0 atom stereocenters. The molecule has 1 nitrogen and oxygen atoms in total. The van der Waals surface area contributed by atoms with Crippen molar-refractivity contribution in [1.29, 1.82) is 0 Å². The first kappa shape index (κ1) is 29.3. The molecule has 5 heteroatoms. The summed E-state index contributed by atoms with van der Waals surface area (Å²) in [4.78, 5) is 0. The second-order valence-electron chi connectivity index (χ2n) is 2.96. The molecule has 0 fully saturated rings. The zero-order chi connectivity index (χ0) is 7.21. The summed E-state index contributed by atoms with van der Waals surface area (Å²) in [5, 5.41) is 0. The van der Waals surface area contributed by atoms with Crippen LogP contribution < -0.4 is 0 Å². The van der Waals surface area contributed by atoms with Crippen molar-refractivity contribution >= 4 is 34.3 Å². The van der Waals surface area contributed by atoms with Gasteiger partial charge in [0, 0.05) is 35.7 Å². The first-order valence-corrected chi connectivity index (χ1v) is 5.99. The third kappa shape index (κ3) is 402. The Morgan fingerprint density at radius 1 is 1.00 bits per heavy atom. The molecule has 0 aromatic heterocycles. The van der Waals surface area contributed by atoms with E-state index in [9.17, 15) is 0 Å². The maximum Gasteiger partial charge on any atom is 0.0135 e. The van der Waals surface area contributed by atoms with Gasteiger partial charge in [0.15, 0.2) is 0 Å². The van der Waals surface area contributed by atoms with Gasteiger partial charge in [0.25, 0.3) is 0 Å². The van der Waals surface area contributed by atoms with Crippen molar-refractivity contribution in [2.75, 3.05) is 0 Å². The van der Waals surface area contributed by atoms with Gasteiger partial charge in [-0.25, -0.2) is 0 Å². The van der Waals surface area contributed by atoms with Gasteiger partial charge in [-0.05, 0) is 0 Å². The Hall–Kier alpha value is 1.64. The summed E-state index contributed by atoms with van der Waals surface area (Å²) < 4.78 is 0. The Morgan fingerprint density at radius 3 is 1.00 bits per heavy atom. The molecule has 0 aromatic rings. The topological polar surface area (TPSA) is 23.8 Å². The number of hydrogen-bond donors (Lipinski definition) is 0. The normalized spacial score (nSPS) is 7.09. The maximum atomic E-state index is 6.94. The fraction of sp³-hybridized carbons (Fsp3) is 1.00. The van der Waals surface area contributed by atoms with E-state index in [1.807, 2.05) is 20.8 Å². The largest absolute Gasteiger partial charge is 0.673 e. The van der Waals surface area contributed by atoms with Crippen molar-refractivity contribution in [3.63, 3.8) is 0 Å². The smallest absolute Gasteiger partial charge is 0.0135 e. The van der Waals surface area contributed by atoms with E-state index in [0.717, 1.165) is 0 Å². The summed E-state index contributed by atoms with van der Waals surface area (Å²) in [6, 6.07) is 0. The maximum absolute atomic E-state index is 6.94. The Balaban J connectivity index is -0.0000000183. The first-order chi connectivity index (χ1) is 3.41. The van der Waals surface area contributed by atoms with Crippen LogP contribution in [0.15, 0.2) is 0 Å². The second-order valence-corrected chi connectivity index (χ2v) is 4.37. The van der Waals surface area contributed by atoms with Gasteiger partial charge in [-0.1, -0.05) is 33.9 Å². The summed E-state index contributed by atoms with van der Waals surface area (Å²) in [6.45, 7) is 10.1. The van der Waals surface area contributed by atoms with Crippen molar-refractivity contribution in [1.82, 2.24) is 0 Å². The number of hydrogen-bond acceptors (Lipinski definition) is 0. The van der Waals surface area contributed by atoms with Gasteiger partial charge in [0.2, 0.25) is 0 Å². The van der Waals surface area contributed by atoms with Gasteiger partial charge in [-0.2, -0.15) is 0 Å². The molecule has 0 aliphatic rings. The SMILES string of the molecule is CC(C)(C)[NH-].C[SiH2]C.Cl.Cl.[Zr].